The first kappa shape index (κ1) is 19.8. The summed E-state index contributed by atoms with van der Waals surface area (Å²) in [6.45, 7) is 4.78. The van der Waals surface area contributed by atoms with Crippen LogP contribution in [0.25, 0.3) is 5.52 Å². The van der Waals surface area contributed by atoms with Crippen LogP contribution in [0, 0.1) is 5.92 Å². The number of carbonyl (C=O) groups excluding carboxylic acids is 1. The number of amides is 1. The zero-order valence-electron chi connectivity index (χ0n) is 16.7. The van der Waals surface area contributed by atoms with E-state index in [2.05, 4.69) is 28.0 Å². The molecule has 0 radical (unpaired) electrons. The van der Waals surface area contributed by atoms with Crippen LogP contribution in [-0.2, 0) is 4.79 Å². The van der Waals surface area contributed by atoms with Crippen molar-refractivity contribution in [3.05, 3.63) is 58.8 Å². The van der Waals surface area contributed by atoms with Crippen LogP contribution in [0.1, 0.15) is 31.9 Å². The summed E-state index contributed by atoms with van der Waals surface area (Å²) in [5.41, 5.74) is 2.01. The predicted octanol–water partition coefficient (Wildman–Crippen LogP) is 4.48. The first-order valence-corrected chi connectivity index (χ1v) is 10.5. The molecule has 1 aromatic carbocycles. The lowest BCUT2D eigenvalue weighted by molar-refractivity contribution is -0.129. The number of nitrogens with zero attached hydrogens (tertiary/aromatic N) is 3. The molecule has 0 spiro atoms. The molecule has 0 aliphatic carbocycles. The van der Waals surface area contributed by atoms with Gasteiger partial charge < -0.3 is 14.4 Å². The molecule has 2 unspecified atom stereocenters. The van der Waals surface area contributed by atoms with Gasteiger partial charge in [-0.1, -0.05) is 12.1 Å². The Morgan fingerprint density at radius 1 is 1.21 bits per heavy atom. The lowest BCUT2D eigenvalue weighted by atomic mass is 10.0. The topological polar surface area (TPSA) is 56.1 Å². The summed E-state index contributed by atoms with van der Waals surface area (Å²) in [4.78, 5) is 14.7. The van der Waals surface area contributed by atoms with Gasteiger partial charge in [0.05, 0.1) is 19.3 Å². The summed E-state index contributed by atoms with van der Waals surface area (Å²) in [6, 6.07) is 11.8. The molecule has 7 heteroatoms. The van der Waals surface area contributed by atoms with Gasteiger partial charge in [0, 0.05) is 29.6 Å². The molecule has 1 fully saturated rings. The largest absolute Gasteiger partial charge is 0.497 e. The van der Waals surface area contributed by atoms with E-state index >= 15 is 0 Å². The fourth-order valence-electron chi connectivity index (χ4n) is 3.87. The number of carbonyl (C=O) groups is 1. The second-order valence-corrected chi connectivity index (χ2v) is 8.38. The van der Waals surface area contributed by atoms with E-state index in [9.17, 15) is 4.79 Å². The van der Waals surface area contributed by atoms with Gasteiger partial charge in [0.15, 0.2) is 0 Å². The van der Waals surface area contributed by atoms with Crippen molar-refractivity contribution in [2.75, 3.05) is 13.7 Å². The van der Waals surface area contributed by atoms with E-state index in [4.69, 9.17) is 9.47 Å². The van der Waals surface area contributed by atoms with Crippen molar-refractivity contribution in [3.63, 3.8) is 0 Å². The summed E-state index contributed by atoms with van der Waals surface area (Å²) in [5, 5.41) is 4.27. The summed E-state index contributed by atoms with van der Waals surface area (Å²) in [7, 11) is 1.65. The van der Waals surface area contributed by atoms with Gasteiger partial charge >= 0.3 is 0 Å². The van der Waals surface area contributed by atoms with Gasteiger partial charge in [0.2, 0.25) is 5.91 Å². The van der Waals surface area contributed by atoms with Crippen LogP contribution < -0.4 is 9.47 Å². The maximum atomic E-state index is 12.7. The Kier molecular flexibility index (Phi) is 5.50. The number of methoxy groups -OCH3 is 1. The molecule has 1 aliphatic heterocycles. The Balaban J connectivity index is 1.47. The van der Waals surface area contributed by atoms with Crippen LogP contribution in [-0.4, -0.2) is 40.2 Å². The Morgan fingerprint density at radius 3 is 2.69 bits per heavy atom. The predicted molar refractivity (Wildman–Crippen MR) is 114 cm³/mol. The van der Waals surface area contributed by atoms with Crippen LogP contribution in [0.5, 0.6) is 11.5 Å². The maximum Gasteiger partial charge on any atom is 0.223 e. The highest BCUT2D eigenvalue weighted by Crippen LogP contribution is 2.33. The van der Waals surface area contributed by atoms with E-state index in [1.807, 2.05) is 54.4 Å². The molecular formula is C22H24BrN3O3. The van der Waals surface area contributed by atoms with Crippen molar-refractivity contribution in [1.29, 1.82) is 0 Å². The average Bonchev–Trinajstić information content (AvgIpc) is 3.34. The Morgan fingerprint density at radius 2 is 1.97 bits per heavy atom. The third kappa shape index (κ3) is 3.96. The standard InChI is InChI=1S/C22H24BrN3O3/c1-14(16-4-6-19(28-3)7-5-16)25-12-17(10-22(25)27)15(2)29-21-11-18(23)13-26-20(21)8-9-24-26/h4-9,11,13-15,17H,10,12H2,1-3H3/t14?,15?,17-/m1/s1. The number of fused-ring (bicyclic) bond motifs is 1. The zero-order valence-corrected chi connectivity index (χ0v) is 18.3. The number of benzene rings is 1. The molecule has 3 atom stereocenters. The highest BCUT2D eigenvalue weighted by molar-refractivity contribution is 9.10. The number of pyridine rings is 1. The molecule has 6 nitrogen and oxygen atoms in total. The van der Waals surface area contributed by atoms with E-state index in [1.54, 1.807) is 17.8 Å². The van der Waals surface area contributed by atoms with E-state index in [0.29, 0.717) is 13.0 Å². The van der Waals surface area contributed by atoms with Gasteiger partial charge in [-0.15, -0.1) is 0 Å². The fraction of sp³-hybridized carbons (Fsp3) is 0.364. The van der Waals surface area contributed by atoms with Gasteiger partial charge in [0.25, 0.3) is 0 Å². The number of ether oxygens (including phenoxy) is 2. The fourth-order valence-corrected chi connectivity index (χ4v) is 4.27. The second-order valence-electron chi connectivity index (χ2n) is 7.47. The molecule has 2 aromatic heterocycles. The molecule has 0 saturated carbocycles. The van der Waals surface area contributed by atoms with Crippen LogP contribution in [0.3, 0.4) is 0 Å². The van der Waals surface area contributed by atoms with Crippen molar-refractivity contribution >= 4 is 27.4 Å². The minimum Gasteiger partial charge on any atom is -0.497 e. The molecular weight excluding hydrogens is 434 g/mol. The molecule has 3 heterocycles. The summed E-state index contributed by atoms with van der Waals surface area (Å²) >= 11 is 3.50. The zero-order chi connectivity index (χ0) is 20.5. The molecule has 1 amide bonds. The third-order valence-electron chi connectivity index (χ3n) is 5.67. The number of rotatable bonds is 6. The molecule has 4 rings (SSSR count). The minimum absolute atomic E-state index is 0.0120. The van der Waals surface area contributed by atoms with Crippen LogP contribution in [0.4, 0.5) is 0 Å². The third-order valence-corrected chi connectivity index (χ3v) is 6.10. The van der Waals surface area contributed by atoms with Gasteiger partial charge in [0.1, 0.15) is 23.1 Å². The summed E-state index contributed by atoms with van der Waals surface area (Å²) in [5.74, 6) is 1.87. The highest BCUT2D eigenvalue weighted by Gasteiger charge is 2.37. The van der Waals surface area contributed by atoms with E-state index in [-0.39, 0.29) is 24.0 Å². The Hall–Kier alpha value is -2.54. The van der Waals surface area contributed by atoms with E-state index in [1.165, 1.54) is 0 Å². The first-order chi connectivity index (χ1) is 14.0. The smallest absolute Gasteiger partial charge is 0.223 e. The molecule has 3 aromatic rings. The lowest BCUT2D eigenvalue weighted by Crippen LogP contribution is -2.31. The maximum absolute atomic E-state index is 12.7. The van der Waals surface area contributed by atoms with Crippen molar-refractivity contribution in [3.8, 4) is 11.5 Å². The quantitative estimate of drug-likeness (QED) is 0.547. The van der Waals surface area contributed by atoms with Crippen LogP contribution in [0.15, 0.2) is 53.3 Å². The van der Waals surface area contributed by atoms with Gasteiger partial charge in [-0.05, 0) is 59.6 Å². The molecule has 29 heavy (non-hydrogen) atoms. The molecule has 152 valence electrons. The van der Waals surface area contributed by atoms with E-state index in [0.717, 1.165) is 27.1 Å². The highest BCUT2D eigenvalue weighted by atomic mass is 79.9. The summed E-state index contributed by atoms with van der Waals surface area (Å²) in [6.07, 6.45) is 4.03. The summed E-state index contributed by atoms with van der Waals surface area (Å²) < 4.78 is 14.2. The first-order valence-electron chi connectivity index (χ1n) is 9.69. The van der Waals surface area contributed by atoms with Gasteiger partial charge in [-0.2, -0.15) is 5.10 Å². The van der Waals surface area contributed by atoms with Crippen molar-refractivity contribution < 1.29 is 14.3 Å². The lowest BCUT2D eigenvalue weighted by Gasteiger charge is -2.27. The van der Waals surface area contributed by atoms with Crippen molar-refractivity contribution in [1.82, 2.24) is 14.5 Å². The average molecular weight is 458 g/mol. The minimum atomic E-state index is -0.0972. The van der Waals surface area contributed by atoms with Gasteiger partial charge in [-0.25, -0.2) is 4.52 Å². The number of hydrogen-bond acceptors (Lipinski definition) is 4. The van der Waals surface area contributed by atoms with Crippen molar-refractivity contribution in [2.24, 2.45) is 5.92 Å². The van der Waals surface area contributed by atoms with Gasteiger partial charge in [-0.3, -0.25) is 4.79 Å². The second kappa shape index (κ2) is 8.06. The normalized spacial score (nSPS) is 18.8. The van der Waals surface area contributed by atoms with E-state index < -0.39 is 0 Å². The number of halogens is 1. The number of aromatic nitrogens is 2. The Bertz CT molecular complexity index is 1020. The Labute approximate surface area is 178 Å². The molecule has 0 N–H and O–H groups in total. The van der Waals surface area contributed by atoms with Crippen molar-refractivity contribution in [2.45, 2.75) is 32.4 Å². The monoisotopic (exact) mass is 457 g/mol. The SMILES string of the molecule is COc1ccc(C(C)N2C[C@H](C(C)Oc3cc(Br)cn4nccc34)CC2=O)cc1. The van der Waals surface area contributed by atoms with Crippen LogP contribution in [0.2, 0.25) is 0 Å². The van der Waals surface area contributed by atoms with Crippen LogP contribution >= 0.6 is 15.9 Å². The molecule has 1 aliphatic rings. The number of hydrogen-bond donors (Lipinski definition) is 0. The molecule has 1 saturated heterocycles. The molecule has 0 bridgehead atoms. The number of likely N-dealkylation sites (tertiary alicyclic amines) is 1.